The van der Waals surface area contributed by atoms with Gasteiger partial charge in [-0.1, -0.05) is 17.7 Å². The predicted molar refractivity (Wildman–Crippen MR) is 98.3 cm³/mol. The number of aryl methyl sites for hydroxylation is 2. The third-order valence-corrected chi connectivity index (χ3v) is 3.74. The van der Waals surface area contributed by atoms with E-state index in [2.05, 4.69) is 5.32 Å². The van der Waals surface area contributed by atoms with Crippen LogP contribution in [-0.4, -0.2) is 20.3 Å². The average molecular weight is 327 g/mol. The second kappa shape index (κ2) is 8.15. The molecule has 0 radical (unpaired) electrons. The maximum Gasteiger partial charge on any atom is 0.121 e. The topological polar surface area (TPSA) is 82.5 Å². The normalized spacial score (nSPS) is 10.1. The van der Waals surface area contributed by atoms with Crippen molar-refractivity contribution in [1.82, 2.24) is 0 Å². The number of rotatable bonds is 7. The fourth-order valence-electron chi connectivity index (χ4n) is 2.24. The van der Waals surface area contributed by atoms with E-state index in [0.717, 1.165) is 28.3 Å². The predicted octanol–water partition coefficient (Wildman–Crippen LogP) is 2.93. The number of ether oxygens (including phenoxy) is 2. The van der Waals surface area contributed by atoms with Gasteiger partial charge in [0.2, 0.25) is 0 Å². The van der Waals surface area contributed by atoms with Gasteiger partial charge in [-0.15, -0.1) is 0 Å². The summed E-state index contributed by atoms with van der Waals surface area (Å²) < 4.78 is 11.0. The Labute approximate surface area is 143 Å². The minimum Gasteiger partial charge on any atom is -0.496 e. The maximum atomic E-state index is 5.78. The minimum absolute atomic E-state index is 0.278. The lowest BCUT2D eigenvalue weighted by molar-refractivity contribution is 0.349. The van der Waals surface area contributed by atoms with Crippen molar-refractivity contribution in [2.24, 2.45) is 11.5 Å². The summed E-state index contributed by atoms with van der Waals surface area (Å²) >= 11 is 0. The molecule has 0 aliphatic carbocycles. The van der Waals surface area contributed by atoms with Crippen molar-refractivity contribution in [3.63, 3.8) is 0 Å². The standard InChI is InChI=1S/C19H25N3O2/c1-13-4-7-17(8-5-13)24-12-15(19(20)21)11-22-16-6-9-18(23-3)14(2)10-16/h4-10,22H,11-12,20-21H2,1-3H3. The highest BCUT2D eigenvalue weighted by Crippen LogP contribution is 2.21. The highest BCUT2D eigenvalue weighted by atomic mass is 16.5. The first kappa shape index (κ1) is 17.5. The second-order valence-corrected chi connectivity index (χ2v) is 5.70. The molecule has 24 heavy (non-hydrogen) atoms. The highest BCUT2D eigenvalue weighted by Gasteiger charge is 2.05. The van der Waals surface area contributed by atoms with Crippen molar-refractivity contribution in [2.45, 2.75) is 13.8 Å². The molecule has 0 saturated carbocycles. The average Bonchev–Trinajstić information content (AvgIpc) is 2.56. The van der Waals surface area contributed by atoms with E-state index in [-0.39, 0.29) is 5.82 Å². The molecule has 0 bridgehead atoms. The first-order valence-electron chi connectivity index (χ1n) is 7.80. The Morgan fingerprint density at radius 2 is 1.75 bits per heavy atom. The molecule has 5 nitrogen and oxygen atoms in total. The monoisotopic (exact) mass is 327 g/mol. The van der Waals surface area contributed by atoms with E-state index in [4.69, 9.17) is 20.9 Å². The Bertz CT molecular complexity index is 705. The zero-order chi connectivity index (χ0) is 17.5. The van der Waals surface area contributed by atoms with Crippen LogP contribution < -0.4 is 26.3 Å². The lowest BCUT2D eigenvalue weighted by Crippen LogP contribution is -2.21. The fraction of sp³-hybridized carbons (Fsp3) is 0.263. The molecule has 2 aromatic carbocycles. The van der Waals surface area contributed by atoms with Crippen LogP contribution in [-0.2, 0) is 0 Å². The summed E-state index contributed by atoms with van der Waals surface area (Å²) in [6.45, 7) is 4.89. The van der Waals surface area contributed by atoms with Crippen molar-refractivity contribution in [2.75, 3.05) is 25.6 Å². The molecule has 0 fully saturated rings. The van der Waals surface area contributed by atoms with Crippen LogP contribution in [0.5, 0.6) is 11.5 Å². The third-order valence-electron chi connectivity index (χ3n) is 3.74. The molecular formula is C19H25N3O2. The summed E-state index contributed by atoms with van der Waals surface area (Å²) in [5.41, 5.74) is 15.6. The Kier molecular flexibility index (Phi) is 5.95. The molecule has 5 N–H and O–H groups in total. The van der Waals surface area contributed by atoms with Crippen molar-refractivity contribution in [3.05, 3.63) is 65.0 Å². The van der Waals surface area contributed by atoms with Crippen LogP contribution in [0.3, 0.4) is 0 Å². The van der Waals surface area contributed by atoms with Crippen LogP contribution in [0, 0.1) is 13.8 Å². The molecule has 0 aromatic heterocycles. The van der Waals surface area contributed by atoms with Gasteiger partial charge < -0.3 is 26.3 Å². The third kappa shape index (κ3) is 4.84. The molecule has 0 heterocycles. The molecule has 0 spiro atoms. The fourth-order valence-corrected chi connectivity index (χ4v) is 2.24. The summed E-state index contributed by atoms with van der Waals surface area (Å²) in [5, 5.41) is 3.31. The molecular weight excluding hydrogens is 302 g/mol. The van der Waals surface area contributed by atoms with Crippen LogP contribution in [0.15, 0.2) is 53.9 Å². The van der Waals surface area contributed by atoms with Gasteiger partial charge >= 0.3 is 0 Å². The SMILES string of the molecule is COc1ccc(NCC(COc2ccc(C)cc2)=C(N)N)cc1C. The van der Waals surface area contributed by atoms with Crippen molar-refractivity contribution < 1.29 is 9.47 Å². The Morgan fingerprint density at radius 3 is 2.33 bits per heavy atom. The Balaban J connectivity index is 1.95. The first-order valence-corrected chi connectivity index (χ1v) is 7.80. The minimum atomic E-state index is 0.278. The zero-order valence-electron chi connectivity index (χ0n) is 14.4. The van der Waals surface area contributed by atoms with Crippen LogP contribution in [0.4, 0.5) is 5.69 Å². The van der Waals surface area contributed by atoms with Crippen LogP contribution in [0.25, 0.3) is 0 Å². The van der Waals surface area contributed by atoms with E-state index in [9.17, 15) is 0 Å². The quantitative estimate of drug-likeness (QED) is 0.728. The largest absolute Gasteiger partial charge is 0.496 e. The summed E-state index contributed by atoms with van der Waals surface area (Å²) in [4.78, 5) is 0. The molecule has 0 amide bonds. The molecule has 2 rings (SSSR count). The van der Waals surface area contributed by atoms with E-state index in [1.54, 1.807) is 7.11 Å². The summed E-state index contributed by atoms with van der Waals surface area (Å²) in [7, 11) is 1.66. The molecule has 0 saturated heterocycles. The van der Waals surface area contributed by atoms with E-state index in [1.165, 1.54) is 5.56 Å². The van der Waals surface area contributed by atoms with Crippen molar-refractivity contribution >= 4 is 5.69 Å². The maximum absolute atomic E-state index is 5.78. The number of methoxy groups -OCH3 is 1. The van der Waals surface area contributed by atoms with Crippen LogP contribution >= 0.6 is 0 Å². The van der Waals surface area contributed by atoms with Gasteiger partial charge in [0.15, 0.2) is 0 Å². The van der Waals surface area contributed by atoms with Gasteiger partial charge in [-0.2, -0.15) is 0 Å². The molecule has 0 atom stereocenters. The summed E-state index contributed by atoms with van der Waals surface area (Å²) in [5.74, 6) is 1.93. The van der Waals surface area contributed by atoms with Crippen molar-refractivity contribution in [3.8, 4) is 11.5 Å². The molecule has 128 valence electrons. The number of hydrogen-bond donors (Lipinski definition) is 3. The molecule has 0 aliphatic rings. The lowest BCUT2D eigenvalue weighted by Gasteiger charge is -2.14. The second-order valence-electron chi connectivity index (χ2n) is 5.70. The van der Waals surface area contributed by atoms with E-state index >= 15 is 0 Å². The Morgan fingerprint density at radius 1 is 1.04 bits per heavy atom. The van der Waals surface area contributed by atoms with Crippen LogP contribution in [0.1, 0.15) is 11.1 Å². The van der Waals surface area contributed by atoms with Gasteiger partial charge in [0.1, 0.15) is 18.1 Å². The highest BCUT2D eigenvalue weighted by molar-refractivity contribution is 5.51. The molecule has 0 aliphatic heterocycles. The number of nitrogens with two attached hydrogens (primary N) is 2. The smallest absolute Gasteiger partial charge is 0.121 e. The van der Waals surface area contributed by atoms with E-state index < -0.39 is 0 Å². The number of anilines is 1. The van der Waals surface area contributed by atoms with Gasteiger partial charge in [-0.25, -0.2) is 0 Å². The van der Waals surface area contributed by atoms with Gasteiger partial charge in [0.05, 0.1) is 12.9 Å². The number of benzene rings is 2. The van der Waals surface area contributed by atoms with Gasteiger partial charge in [0, 0.05) is 17.8 Å². The van der Waals surface area contributed by atoms with Crippen molar-refractivity contribution in [1.29, 1.82) is 0 Å². The molecule has 0 unspecified atom stereocenters. The summed E-state index contributed by atoms with van der Waals surface area (Å²) in [6, 6.07) is 13.8. The summed E-state index contributed by atoms with van der Waals surface area (Å²) in [6.07, 6.45) is 0. The van der Waals surface area contributed by atoms with Gasteiger partial charge in [0.25, 0.3) is 0 Å². The van der Waals surface area contributed by atoms with E-state index in [1.807, 2.05) is 56.3 Å². The molecule has 5 heteroatoms. The molecule has 2 aromatic rings. The first-order chi connectivity index (χ1) is 11.5. The lowest BCUT2D eigenvalue weighted by atomic mass is 10.2. The number of nitrogens with one attached hydrogen (secondary N) is 1. The van der Waals surface area contributed by atoms with Gasteiger partial charge in [-0.3, -0.25) is 0 Å². The Hall–Kier alpha value is -2.82. The number of hydrogen-bond acceptors (Lipinski definition) is 5. The van der Waals surface area contributed by atoms with Crippen LogP contribution in [0.2, 0.25) is 0 Å². The van der Waals surface area contributed by atoms with Gasteiger partial charge in [-0.05, 0) is 49.7 Å². The zero-order valence-corrected chi connectivity index (χ0v) is 14.4. The van der Waals surface area contributed by atoms with E-state index in [0.29, 0.717) is 13.2 Å².